The van der Waals surface area contributed by atoms with Gasteiger partial charge >= 0.3 is 5.97 Å². The number of aliphatic carboxylic acids is 1. The molecule has 0 atom stereocenters. The van der Waals surface area contributed by atoms with Gasteiger partial charge in [-0.1, -0.05) is 5.21 Å². The Hall–Kier alpha value is -2.84. The van der Waals surface area contributed by atoms with E-state index in [9.17, 15) is 18.4 Å². The molecule has 7 nitrogen and oxygen atoms in total. The highest BCUT2D eigenvalue weighted by Gasteiger charge is 2.13. The summed E-state index contributed by atoms with van der Waals surface area (Å²) >= 11 is 0. The zero-order valence-electron chi connectivity index (χ0n) is 9.88. The van der Waals surface area contributed by atoms with E-state index in [2.05, 4.69) is 15.6 Å². The molecule has 2 N–H and O–H groups in total. The molecule has 0 aliphatic carbocycles. The van der Waals surface area contributed by atoms with Crippen molar-refractivity contribution in [3.8, 4) is 0 Å². The predicted molar refractivity (Wildman–Crippen MR) is 62.0 cm³/mol. The predicted octanol–water partition coefficient (Wildman–Crippen LogP) is 0.893. The van der Waals surface area contributed by atoms with Crippen molar-refractivity contribution in [1.82, 2.24) is 15.0 Å². The maximum atomic E-state index is 13.0. The summed E-state index contributed by atoms with van der Waals surface area (Å²) < 4.78 is 26.6. The molecule has 0 saturated heterocycles. The van der Waals surface area contributed by atoms with Crippen LogP contribution in [0.3, 0.4) is 0 Å². The third-order valence-corrected chi connectivity index (χ3v) is 2.25. The molecule has 104 valence electrons. The van der Waals surface area contributed by atoms with Gasteiger partial charge in [-0.15, -0.1) is 5.10 Å². The lowest BCUT2D eigenvalue weighted by Gasteiger charge is -2.02. The smallest absolute Gasteiger partial charge is 0.325 e. The number of rotatable bonds is 4. The SMILES string of the molecule is O=C(O)Cn1cc(C(=O)Nc2ccc(F)c(F)c2)nn1. The minimum atomic E-state index is -1.14. The zero-order valence-corrected chi connectivity index (χ0v) is 9.88. The van der Waals surface area contributed by atoms with Crippen molar-refractivity contribution in [2.75, 3.05) is 5.32 Å². The average molecular weight is 282 g/mol. The molecule has 9 heteroatoms. The van der Waals surface area contributed by atoms with Gasteiger partial charge in [-0.2, -0.15) is 0 Å². The molecule has 0 unspecified atom stereocenters. The maximum Gasteiger partial charge on any atom is 0.325 e. The third-order valence-electron chi connectivity index (χ3n) is 2.25. The second-order valence-corrected chi connectivity index (χ2v) is 3.78. The van der Waals surface area contributed by atoms with Crippen LogP contribution >= 0.6 is 0 Å². The number of halogens is 2. The highest BCUT2D eigenvalue weighted by Crippen LogP contribution is 2.13. The summed E-state index contributed by atoms with van der Waals surface area (Å²) in [4.78, 5) is 22.2. The van der Waals surface area contributed by atoms with E-state index in [1.54, 1.807) is 0 Å². The third kappa shape index (κ3) is 3.13. The van der Waals surface area contributed by atoms with Gasteiger partial charge in [-0.3, -0.25) is 9.59 Å². The monoisotopic (exact) mass is 282 g/mol. The lowest BCUT2D eigenvalue weighted by Crippen LogP contribution is -2.13. The largest absolute Gasteiger partial charge is 0.480 e. The van der Waals surface area contributed by atoms with Crippen molar-refractivity contribution in [3.05, 3.63) is 41.7 Å². The molecule has 20 heavy (non-hydrogen) atoms. The van der Waals surface area contributed by atoms with E-state index >= 15 is 0 Å². The highest BCUT2D eigenvalue weighted by molar-refractivity contribution is 6.02. The second-order valence-electron chi connectivity index (χ2n) is 3.78. The van der Waals surface area contributed by atoms with Gasteiger partial charge in [0.2, 0.25) is 0 Å². The van der Waals surface area contributed by atoms with Crippen molar-refractivity contribution in [1.29, 1.82) is 0 Å². The molecule has 0 radical (unpaired) electrons. The molecule has 1 amide bonds. The molecule has 1 heterocycles. The number of amides is 1. The van der Waals surface area contributed by atoms with Crippen LogP contribution in [-0.2, 0) is 11.3 Å². The van der Waals surface area contributed by atoms with E-state index in [0.717, 1.165) is 23.0 Å². The number of nitrogens with zero attached hydrogens (tertiary/aromatic N) is 3. The number of carboxylic acid groups (broad SMARTS) is 1. The Bertz CT molecular complexity index is 671. The van der Waals surface area contributed by atoms with E-state index < -0.39 is 30.1 Å². The number of carbonyl (C=O) groups is 2. The van der Waals surface area contributed by atoms with E-state index in [0.29, 0.717) is 0 Å². The van der Waals surface area contributed by atoms with Crippen molar-refractivity contribution >= 4 is 17.6 Å². The van der Waals surface area contributed by atoms with Gasteiger partial charge in [0, 0.05) is 11.8 Å². The molecule has 0 bridgehead atoms. The normalized spacial score (nSPS) is 10.3. The molecule has 0 saturated carbocycles. The number of benzene rings is 1. The summed E-state index contributed by atoms with van der Waals surface area (Å²) in [5.41, 5.74) is -0.0994. The van der Waals surface area contributed by atoms with Crippen LogP contribution in [0.25, 0.3) is 0 Å². The first kappa shape index (κ1) is 13.6. The fraction of sp³-hybridized carbons (Fsp3) is 0.0909. The van der Waals surface area contributed by atoms with Crippen molar-refractivity contribution in [2.45, 2.75) is 6.54 Å². The van der Waals surface area contributed by atoms with Gasteiger partial charge in [-0.05, 0) is 12.1 Å². The molecule has 0 fully saturated rings. The second kappa shape index (κ2) is 5.43. The molecule has 2 aromatic rings. The summed E-state index contributed by atoms with van der Waals surface area (Å²) in [5, 5.41) is 17.7. The van der Waals surface area contributed by atoms with Crippen LogP contribution in [0.4, 0.5) is 14.5 Å². The zero-order chi connectivity index (χ0) is 14.7. The molecule has 1 aromatic heterocycles. The first-order valence-corrected chi connectivity index (χ1v) is 5.34. The van der Waals surface area contributed by atoms with E-state index in [1.165, 1.54) is 6.07 Å². The van der Waals surface area contributed by atoms with Gasteiger partial charge in [0.25, 0.3) is 5.91 Å². The number of hydrogen-bond donors (Lipinski definition) is 2. The van der Waals surface area contributed by atoms with Crippen molar-refractivity contribution < 1.29 is 23.5 Å². The summed E-state index contributed by atoms with van der Waals surface area (Å²) in [6.45, 7) is -0.439. The van der Waals surface area contributed by atoms with E-state index in [-0.39, 0.29) is 11.4 Å². The van der Waals surface area contributed by atoms with Crippen LogP contribution in [0, 0.1) is 11.6 Å². The molecular formula is C11H8F2N4O3. The topological polar surface area (TPSA) is 97.1 Å². The minimum absolute atomic E-state index is 0.0432. The summed E-state index contributed by atoms with van der Waals surface area (Å²) in [6.07, 6.45) is 1.13. The Kier molecular flexibility index (Phi) is 3.69. The Balaban J connectivity index is 2.09. The Morgan fingerprint density at radius 3 is 2.70 bits per heavy atom. The van der Waals surface area contributed by atoms with Crippen molar-refractivity contribution in [2.24, 2.45) is 0 Å². The number of nitrogens with one attached hydrogen (secondary N) is 1. The van der Waals surface area contributed by atoms with Crippen LogP contribution in [-0.4, -0.2) is 32.0 Å². The number of hydrogen-bond acceptors (Lipinski definition) is 4. The van der Waals surface area contributed by atoms with Crippen LogP contribution in [0.1, 0.15) is 10.5 Å². The molecule has 0 spiro atoms. The van der Waals surface area contributed by atoms with E-state index in [1.807, 2.05) is 0 Å². The average Bonchev–Trinajstić information content (AvgIpc) is 2.81. The van der Waals surface area contributed by atoms with Gasteiger partial charge in [0.1, 0.15) is 6.54 Å². The lowest BCUT2D eigenvalue weighted by molar-refractivity contribution is -0.137. The fourth-order valence-electron chi connectivity index (χ4n) is 1.39. The summed E-state index contributed by atoms with van der Waals surface area (Å²) in [6, 6.07) is 2.86. The first-order chi connectivity index (χ1) is 9.45. The molecule has 2 rings (SSSR count). The summed E-state index contributed by atoms with van der Waals surface area (Å²) in [5.74, 6) is -3.98. The quantitative estimate of drug-likeness (QED) is 0.868. The maximum absolute atomic E-state index is 13.0. The van der Waals surface area contributed by atoms with Gasteiger partial charge in [0.15, 0.2) is 17.3 Å². The lowest BCUT2D eigenvalue weighted by atomic mass is 10.3. The minimum Gasteiger partial charge on any atom is -0.480 e. The first-order valence-electron chi connectivity index (χ1n) is 5.34. The number of anilines is 1. The highest BCUT2D eigenvalue weighted by atomic mass is 19.2. The Morgan fingerprint density at radius 2 is 2.05 bits per heavy atom. The van der Waals surface area contributed by atoms with E-state index in [4.69, 9.17) is 5.11 Å². The number of carbonyl (C=O) groups excluding carboxylic acids is 1. The van der Waals surface area contributed by atoms with Crippen LogP contribution in [0.5, 0.6) is 0 Å². The molecular weight excluding hydrogens is 274 g/mol. The standard InChI is InChI=1S/C11H8F2N4O3/c12-7-2-1-6(3-8(7)13)14-11(20)9-4-17(16-15-9)5-10(18)19/h1-4H,5H2,(H,14,20)(H,18,19). The van der Waals surface area contributed by atoms with Gasteiger partial charge in [0.05, 0.1) is 6.20 Å². The Labute approximate surface area is 110 Å². The Morgan fingerprint density at radius 1 is 1.30 bits per heavy atom. The van der Waals surface area contributed by atoms with Crippen LogP contribution in [0.2, 0.25) is 0 Å². The molecule has 0 aliphatic rings. The van der Waals surface area contributed by atoms with Gasteiger partial charge < -0.3 is 10.4 Å². The van der Waals surface area contributed by atoms with Crippen LogP contribution in [0.15, 0.2) is 24.4 Å². The van der Waals surface area contributed by atoms with Gasteiger partial charge in [-0.25, -0.2) is 13.5 Å². The number of carboxylic acids is 1. The number of aromatic nitrogens is 3. The molecule has 0 aliphatic heterocycles. The van der Waals surface area contributed by atoms with Crippen LogP contribution < -0.4 is 5.32 Å². The summed E-state index contributed by atoms with van der Waals surface area (Å²) in [7, 11) is 0. The molecule has 1 aromatic carbocycles. The van der Waals surface area contributed by atoms with Crippen molar-refractivity contribution in [3.63, 3.8) is 0 Å². The fourth-order valence-corrected chi connectivity index (χ4v) is 1.39.